The summed E-state index contributed by atoms with van der Waals surface area (Å²) in [5, 5.41) is 3.21. The SMILES string of the molecule is COCCOCCOC(=O)C1CCCCCN1. The number of esters is 1. The molecule has 0 saturated carbocycles. The number of ether oxygens (including phenoxy) is 3. The van der Waals surface area contributed by atoms with E-state index in [4.69, 9.17) is 14.2 Å². The highest BCUT2D eigenvalue weighted by molar-refractivity contribution is 5.75. The van der Waals surface area contributed by atoms with E-state index in [-0.39, 0.29) is 12.0 Å². The summed E-state index contributed by atoms with van der Waals surface area (Å²) in [4.78, 5) is 11.7. The minimum Gasteiger partial charge on any atom is -0.462 e. The maximum absolute atomic E-state index is 11.7. The minimum atomic E-state index is -0.151. The molecule has 0 aromatic carbocycles. The Labute approximate surface area is 103 Å². The molecule has 0 aromatic rings. The van der Waals surface area contributed by atoms with Gasteiger partial charge in [-0.25, -0.2) is 0 Å². The third-order valence-corrected chi connectivity index (χ3v) is 2.75. The molecule has 1 atom stereocenters. The molecule has 1 saturated heterocycles. The molecule has 0 bridgehead atoms. The van der Waals surface area contributed by atoms with E-state index < -0.39 is 0 Å². The number of nitrogens with one attached hydrogen (secondary N) is 1. The van der Waals surface area contributed by atoms with Crippen molar-refractivity contribution in [3.63, 3.8) is 0 Å². The van der Waals surface area contributed by atoms with Crippen molar-refractivity contribution in [3.05, 3.63) is 0 Å². The largest absolute Gasteiger partial charge is 0.462 e. The monoisotopic (exact) mass is 245 g/mol. The second-order valence-electron chi connectivity index (χ2n) is 4.13. The highest BCUT2D eigenvalue weighted by Crippen LogP contribution is 2.09. The molecule has 1 N–H and O–H groups in total. The van der Waals surface area contributed by atoms with Crippen LogP contribution in [0.15, 0.2) is 0 Å². The zero-order chi connectivity index (χ0) is 12.3. The molecule has 1 aliphatic heterocycles. The molecule has 0 spiro atoms. The van der Waals surface area contributed by atoms with E-state index >= 15 is 0 Å². The molecule has 5 heteroatoms. The molecule has 1 fully saturated rings. The average Bonchev–Trinajstić information content (AvgIpc) is 2.62. The Balaban J connectivity index is 2.03. The zero-order valence-corrected chi connectivity index (χ0v) is 10.6. The van der Waals surface area contributed by atoms with Crippen molar-refractivity contribution in [1.29, 1.82) is 0 Å². The number of carbonyl (C=O) groups excluding carboxylic acids is 1. The molecule has 5 nitrogen and oxygen atoms in total. The van der Waals surface area contributed by atoms with E-state index in [1.165, 1.54) is 6.42 Å². The van der Waals surface area contributed by atoms with Crippen LogP contribution >= 0.6 is 0 Å². The fourth-order valence-electron chi connectivity index (χ4n) is 1.78. The second-order valence-corrected chi connectivity index (χ2v) is 4.13. The quantitative estimate of drug-likeness (QED) is 0.529. The lowest BCUT2D eigenvalue weighted by Gasteiger charge is -2.14. The van der Waals surface area contributed by atoms with Crippen LogP contribution in [0.5, 0.6) is 0 Å². The lowest BCUT2D eigenvalue weighted by molar-refractivity contribution is -0.148. The van der Waals surface area contributed by atoms with Gasteiger partial charge in [-0.15, -0.1) is 0 Å². The third kappa shape index (κ3) is 6.61. The summed E-state index contributed by atoms with van der Waals surface area (Å²) in [5.74, 6) is -0.151. The number of hydrogen-bond acceptors (Lipinski definition) is 5. The molecule has 100 valence electrons. The fourth-order valence-corrected chi connectivity index (χ4v) is 1.78. The van der Waals surface area contributed by atoms with E-state index in [1.807, 2.05) is 0 Å². The summed E-state index contributed by atoms with van der Waals surface area (Å²) >= 11 is 0. The van der Waals surface area contributed by atoms with Crippen molar-refractivity contribution in [1.82, 2.24) is 5.32 Å². The fraction of sp³-hybridized carbons (Fsp3) is 0.917. The standard InChI is InChI=1S/C12H23NO4/c1-15-7-8-16-9-10-17-12(14)11-5-3-2-4-6-13-11/h11,13H,2-10H2,1H3. The molecule has 1 heterocycles. The van der Waals surface area contributed by atoms with E-state index in [9.17, 15) is 4.79 Å². The predicted molar refractivity (Wildman–Crippen MR) is 63.9 cm³/mol. The van der Waals surface area contributed by atoms with Crippen LogP contribution in [0.3, 0.4) is 0 Å². The van der Waals surface area contributed by atoms with Gasteiger partial charge in [-0.1, -0.05) is 12.8 Å². The minimum absolute atomic E-state index is 0.128. The highest BCUT2D eigenvalue weighted by Gasteiger charge is 2.20. The van der Waals surface area contributed by atoms with Crippen molar-refractivity contribution in [2.45, 2.75) is 31.7 Å². The summed E-state index contributed by atoms with van der Waals surface area (Å²) in [7, 11) is 1.63. The Kier molecular flexibility index (Phi) is 7.96. The zero-order valence-electron chi connectivity index (χ0n) is 10.6. The summed E-state index contributed by atoms with van der Waals surface area (Å²) in [6.45, 7) is 2.76. The van der Waals surface area contributed by atoms with Gasteiger partial charge in [-0.3, -0.25) is 4.79 Å². The van der Waals surface area contributed by atoms with E-state index in [0.717, 1.165) is 25.8 Å². The van der Waals surface area contributed by atoms with Gasteiger partial charge in [-0.2, -0.15) is 0 Å². The van der Waals surface area contributed by atoms with Crippen molar-refractivity contribution in [2.75, 3.05) is 40.1 Å². The van der Waals surface area contributed by atoms with Crippen molar-refractivity contribution in [2.24, 2.45) is 0 Å². The summed E-state index contributed by atoms with van der Waals surface area (Å²) in [5.41, 5.74) is 0. The smallest absolute Gasteiger partial charge is 0.323 e. The van der Waals surface area contributed by atoms with Gasteiger partial charge in [0.1, 0.15) is 12.6 Å². The Bertz CT molecular complexity index is 203. The number of hydrogen-bond donors (Lipinski definition) is 1. The molecule has 17 heavy (non-hydrogen) atoms. The molecule has 0 radical (unpaired) electrons. The molecule has 0 aromatic heterocycles. The van der Waals surface area contributed by atoms with Crippen LogP contribution in [-0.2, 0) is 19.0 Å². The second kappa shape index (κ2) is 9.39. The van der Waals surface area contributed by atoms with Crippen LogP contribution in [0.1, 0.15) is 25.7 Å². The summed E-state index contributed by atoms with van der Waals surface area (Å²) in [6, 6.07) is -0.128. The molecule has 1 aliphatic rings. The first-order valence-corrected chi connectivity index (χ1v) is 6.31. The average molecular weight is 245 g/mol. The molecule has 1 unspecified atom stereocenters. The Morgan fingerprint density at radius 1 is 1.18 bits per heavy atom. The van der Waals surface area contributed by atoms with Gasteiger partial charge in [0.05, 0.1) is 19.8 Å². The molecular formula is C12H23NO4. The molecule has 1 rings (SSSR count). The van der Waals surface area contributed by atoms with Gasteiger partial charge in [-0.05, 0) is 19.4 Å². The topological polar surface area (TPSA) is 56.8 Å². The van der Waals surface area contributed by atoms with E-state index in [1.54, 1.807) is 7.11 Å². The van der Waals surface area contributed by atoms with Gasteiger partial charge < -0.3 is 19.5 Å². The maximum Gasteiger partial charge on any atom is 0.323 e. The Hall–Kier alpha value is -0.650. The summed E-state index contributed by atoms with van der Waals surface area (Å²) in [6.07, 6.45) is 4.31. The Morgan fingerprint density at radius 3 is 2.82 bits per heavy atom. The van der Waals surface area contributed by atoms with Crippen LogP contribution in [0.4, 0.5) is 0 Å². The highest BCUT2D eigenvalue weighted by atomic mass is 16.6. The third-order valence-electron chi connectivity index (χ3n) is 2.75. The Morgan fingerprint density at radius 2 is 2.00 bits per heavy atom. The lowest BCUT2D eigenvalue weighted by Crippen LogP contribution is -2.37. The van der Waals surface area contributed by atoms with Crippen LogP contribution in [-0.4, -0.2) is 52.1 Å². The van der Waals surface area contributed by atoms with Crippen molar-refractivity contribution >= 4 is 5.97 Å². The number of rotatable bonds is 7. The van der Waals surface area contributed by atoms with Gasteiger partial charge in [0.25, 0.3) is 0 Å². The van der Waals surface area contributed by atoms with Gasteiger partial charge in [0, 0.05) is 7.11 Å². The molecular weight excluding hydrogens is 222 g/mol. The first-order chi connectivity index (χ1) is 8.34. The van der Waals surface area contributed by atoms with Gasteiger partial charge >= 0.3 is 5.97 Å². The van der Waals surface area contributed by atoms with Crippen LogP contribution < -0.4 is 5.32 Å². The van der Waals surface area contributed by atoms with Crippen molar-refractivity contribution in [3.8, 4) is 0 Å². The van der Waals surface area contributed by atoms with E-state index in [0.29, 0.717) is 26.4 Å². The normalized spacial score (nSPS) is 20.9. The first-order valence-electron chi connectivity index (χ1n) is 6.31. The van der Waals surface area contributed by atoms with Crippen LogP contribution in [0.25, 0.3) is 0 Å². The maximum atomic E-state index is 11.7. The van der Waals surface area contributed by atoms with Crippen molar-refractivity contribution < 1.29 is 19.0 Å². The number of methoxy groups -OCH3 is 1. The van der Waals surface area contributed by atoms with Crippen LogP contribution in [0, 0.1) is 0 Å². The van der Waals surface area contributed by atoms with Crippen LogP contribution in [0.2, 0.25) is 0 Å². The molecule has 0 amide bonds. The first kappa shape index (κ1) is 14.4. The van der Waals surface area contributed by atoms with Gasteiger partial charge in [0.15, 0.2) is 0 Å². The predicted octanol–water partition coefficient (Wildman–Crippen LogP) is 0.725. The van der Waals surface area contributed by atoms with E-state index in [2.05, 4.69) is 5.32 Å². The number of carbonyl (C=O) groups is 1. The molecule has 0 aliphatic carbocycles. The lowest BCUT2D eigenvalue weighted by atomic mass is 10.1. The summed E-state index contributed by atoms with van der Waals surface area (Å²) < 4.78 is 15.2. The van der Waals surface area contributed by atoms with Gasteiger partial charge in [0.2, 0.25) is 0 Å².